The number of hydrogen-bond acceptors (Lipinski definition) is 20. The Morgan fingerprint density at radius 3 is 1.60 bits per heavy atom. The quantitative estimate of drug-likeness (QED) is 0.0191. The number of fused-ring (bicyclic) bond motifs is 1. The predicted octanol–water partition coefficient (Wildman–Crippen LogP) is 6.27. The number of nitrogens with zero attached hydrogens (tertiary/aromatic N) is 6. The molecule has 6 aromatic rings. The van der Waals surface area contributed by atoms with E-state index in [9.17, 15) is 53.0 Å². The first-order chi connectivity index (χ1) is 29.5. The van der Waals surface area contributed by atoms with Crippen molar-refractivity contribution in [1.29, 1.82) is 0 Å². The third kappa shape index (κ3) is 10.2. The summed E-state index contributed by atoms with van der Waals surface area (Å²) in [7, 11) is -18.4. The molecule has 0 aliphatic carbocycles. The minimum atomic E-state index is -5.32. The lowest BCUT2D eigenvalue weighted by molar-refractivity contribution is 0.471. The standard InChI is InChI=1S/C36H33N11O12S4/c37-13-14-60(50,51)23-9-5-20(6-10-23)42-45-29-18-31(62(54,55)56)25-15-32(63(57,58)59)35(36(49)33(25)34(29)40)46-43-21-7-11-24(12-8-21)61(52,53)47-22-3-1-19(2-4-22)41-44-28-17-30(48)27(39)16-26(28)38/h1-12,15-18,47-49H,13-14,37-40H2,(H,54,55,56)(H,57,58,59). The molecule has 0 fully saturated rings. The molecule has 0 heterocycles. The molecule has 0 unspecified atom stereocenters. The molecule has 6 rings (SSSR count). The number of sulfone groups is 1. The lowest BCUT2D eigenvalue weighted by atomic mass is 10.0. The molecule has 6 aromatic carbocycles. The molecule has 27 heteroatoms. The van der Waals surface area contributed by atoms with Gasteiger partial charge in [0.1, 0.15) is 32.6 Å². The Kier molecular flexibility index (Phi) is 12.5. The summed E-state index contributed by atoms with van der Waals surface area (Å²) in [6, 6.07) is 19.1. The van der Waals surface area contributed by atoms with E-state index in [4.69, 9.17) is 22.9 Å². The second kappa shape index (κ2) is 17.3. The number of sulfonamides is 1. The van der Waals surface area contributed by atoms with Crippen LogP contribution in [0.4, 0.5) is 56.9 Å². The summed E-state index contributed by atoms with van der Waals surface area (Å²) < 4.78 is 124. The number of phenolic OH excluding ortho intramolecular Hbond substituents is 2. The fourth-order valence-electron chi connectivity index (χ4n) is 5.62. The smallest absolute Gasteiger partial charge is 0.296 e. The van der Waals surface area contributed by atoms with Gasteiger partial charge in [-0.2, -0.15) is 32.2 Å². The highest BCUT2D eigenvalue weighted by molar-refractivity contribution is 7.92. The van der Waals surface area contributed by atoms with Crippen molar-refractivity contribution in [1.82, 2.24) is 0 Å². The SMILES string of the molecule is NCCS(=O)(=O)c1ccc(N=Nc2cc(S(=O)(=O)O)c3cc(S(=O)(=O)O)c(N=Nc4ccc(S(=O)(=O)Nc5ccc(N=Nc6cc(O)c(N)cc6N)cc5)cc4)c(O)c3c2N)cc1. The van der Waals surface area contributed by atoms with Gasteiger partial charge in [0, 0.05) is 23.7 Å². The molecule has 13 N–H and O–H groups in total. The molecule has 0 aliphatic heterocycles. The Bertz CT molecular complexity index is 3330. The summed E-state index contributed by atoms with van der Waals surface area (Å²) in [5.74, 6) is -1.69. The topological polar surface area (TPSA) is 408 Å². The van der Waals surface area contributed by atoms with Crippen LogP contribution in [0.15, 0.2) is 147 Å². The zero-order valence-corrected chi connectivity index (χ0v) is 35.1. The first-order valence-corrected chi connectivity index (χ1v) is 23.5. The van der Waals surface area contributed by atoms with Gasteiger partial charge < -0.3 is 33.1 Å². The number of aromatic hydroxyl groups is 2. The largest absolute Gasteiger partial charge is 0.506 e. The number of nitrogens with one attached hydrogen (secondary N) is 1. The van der Waals surface area contributed by atoms with Crippen LogP contribution in [0.1, 0.15) is 0 Å². The van der Waals surface area contributed by atoms with Crippen LogP contribution in [0.5, 0.6) is 11.5 Å². The van der Waals surface area contributed by atoms with Crippen molar-refractivity contribution in [2.75, 3.05) is 34.2 Å². The number of benzene rings is 6. The lowest BCUT2D eigenvalue weighted by Crippen LogP contribution is -2.15. The molecule has 0 aliphatic rings. The van der Waals surface area contributed by atoms with Gasteiger partial charge >= 0.3 is 0 Å². The zero-order chi connectivity index (χ0) is 46.1. The molecule has 0 bridgehead atoms. The number of azo groups is 3. The number of rotatable bonds is 14. The fourth-order valence-corrected chi connectivity index (χ4v) is 9.13. The second-order valence-corrected chi connectivity index (χ2v) is 19.6. The molecule has 63 heavy (non-hydrogen) atoms. The maximum absolute atomic E-state index is 13.2. The van der Waals surface area contributed by atoms with E-state index in [1.807, 2.05) is 0 Å². The van der Waals surface area contributed by atoms with Crippen molar-refractivity contribution >= 4 is 108 Å². The summed E-state index contributed by atoms with van der Waals surface area (Å²) >= 11 is 0. The highest BCUT2D eigenvalue weighted by Crippen LogP contribution is 2.48. The summed E-state index contributed by atoms with van der Waals surface area (Å²) in [5.41, 5.74) is 21.9. The fraction of sp³-hybridized carbons (Fsp3) is 0.0556. The van der Waals surface area contributed by atoms with Crippen LogP contribution in [0.3, 0.4) is 0 Å². The Balaban J connectivity index is 1.29. The molecule has 328 valence electrons. The Hall–Kier alpha value is -7.14. The molecule has 0 aromatic heterocycles. The van der Waals surface area contributed by atoms with Crippen molar-refractivity contribution in [3.63, 3.8) is 0 Å². The summed E-state index contributed by atoms with van der Waals surface area (Å²) in [5, 5.41) is 43.3. The third-order valence-electron chi connectivity index (χ3n) is 8.71. The first kappa shape index (κ1) is 45.4. The van der Waals surface area contributed by atoms with E-state index in [2.05, 4.69) is 35.4 Å². The molecule has 0 saturated heterocycles. The Morgan fingerprint density at radius 1 is 0.556 bits per heavy atom. The van der Waals surface area contributed by atoms with Crippen LogP contribution in [0.2, 0.25) is 0 Å². The van der Waals surface area contributed by atoms with Gasteiger partial charge in [0.2, 0.25) is 0 Å². The molecule has 0 amide bonds. The first-order valence-electron chi connectivity index (χ1n) is 17.4. The molecule has 23 nitrogen and oxygen atoms in total. The van der Waals surface area contributed by atoms with E-state index in [1.54, 1.807) is 0 Å². The van der Waals surface area contributed by atoms with Crippen LogP contribution in [0.25, 0.3) is 10.8 Å². The van der Waals surface area contributed by atoms with Crippen molar-refractivity contribution in [2.45, 2.75) is 19.6 Å². The summed E-state index contributed by atoms with van der Waals surface area (Å²) in [6.07, 6.45) is 0. The third-order valence-corrected chi connectivity index (χ3v) is 13.6. The number of hydrogen-bond donors (Lipinski definition) is 9. The van der Waals surface area contributed by atoms with Crippen molar-refractivity contribution in [3.8, 4) is 11.5 Å². The monoisotopic (exact) mass is 939 g/mol. The average molecular weight is 940 g/mol. The van der Waals surface area contributed by atoms with Gasteiger partial charge in [-0.15, -0.1) is 15.3 Å². The van der Waals surface area contributed by atoms with Gasteiger partial charge in [0.25, 0.3) is 30.3 Å². The van der Waals surface area contributed by atoms with E-state index in [0.717, 1.165) is 24.3 Å². The highest BCUT2D eigenvalue weighted by atomic mass is 32.2. The number of nitrogen functional groups attached to an aromatic ring is 3. The van der Waals surface area contributed by atoms with Gasteiger partial charge in [0.05, 0.1) is 55.1 Å². The van der Waals surface area contributed by atoms with Gasteiger partial charge in [-0.25, -0.2) is 16.8 Å². The maximum atomic E-state index is 13.2. The molecule has 0 radical (unpaired) electrons. The number of phenols is 2. The Labute approximate surface area is 358 Å². The second-order valence-electron chi connectivity index (χ2n) is 13.1. The van der Waals surface area contributed by atoms with Crippen LogP contribution >= 0.6 is 0 Å². The minimum absolute atomic E-state index is 0.0589. The Morgan fingerprint density at radius 2 is 1.06 bits per heavy atom. The maximum Gasteiger partial charge on any atom is 0.296 e. The van der Waals surface area contributed by atoms with Crippen LogP contribution in [0, 0.1) is 0 Å². The van der Waals surface area contributed by atoms with Gasteiger partial charge in [0.15, 0.2) is 15.6 Å². The molecular weight excluding hydrogens is 907 g/mol. The van der Waals surface area contributed by atoms with E-state index >= 15 is 0 Å². The van der Waals surface area contributed by atoms with Crippen molar-refractivity contribution in [3.05, 3.63) is 97.1 Å². The molecular formula is C36H33N11O12S4. The van der Waals surface area contributed by atoms with Crippen LogP contribution in [-0.2, 0) is 40.1 Å². The zero-order valence-electron chi connectivity index (χ0n) is 31.8. The van der Waals surface area contributed by atoms with Gasteiger partial charge in [-0.05, 0) is 91.0 Å². The van der Waals surface area contributed by atoms with Crippen LogP contribution < -0.4 is 27.7 Å². The normalized spacial score (nSPS) is 12.8. The number of nitrogens with two attached hydrogens (primary N) is 4. The summed E-state index contributed by atoms with van der Waals surface area (Å²) in [4.78, 5) is -2.49. The minimum Gasteiger partial charge on any atom is -0.506 e. The molecule has 0 spiro atoms. The highest BCUT2D eigenvalue weighted by Gasteiger charge is 2.28. The summed E-state index contributed by atoms with van der Waals surface area (Å²) in [6.45, 7) is -0.116. The van der Waals surface area contributed by atoms with E-state index in [1.165, 1.54) is 60.7 Å². The van der Waals surface area contributed by atoms with Gasteiger partial charge in [-0.1, -0.05) is 0 Å². The van der Waals surface area contributed by atoms with Crippen molar-refractivity contribution in [2.24, 2.45) is 36.4 Å². The van der Waals surface area contributed by atoms with E-state index < -0.39 is 83.5 Å². The number of anilines is 4. The molecule has 0 saturated carbocycles. The van der Waals surface area contributed by atoms with Crippen molar-refractivity contribution < 1.29 is 53.0 Å². The average Bonchev–Trinajstić information content (AvgIpc) is 3.20. The van der Waals surface area contributed by atoms with Gasteiger partial charge in [-0.3, -0.25) is 13.8 Å². The van der Waals surface area contributed by atoms with E-state index in [0.29, 0.717) is 17.8 Å². The van der Waals surface area contributed by atoms with E-state index in [-0.39, 0.29) is 62.0 Å². The van der Waals surface area contributed by atoms with Crippen LogP contribution in [-0.4, -0.2) is 65.3 Å². The predicted molar refractivity (Wildman–Crippen MR) is 230 cm³/mol. The lowest BCUT2D eigenvalue weighted by Gasteiger charge is -2.14. The molecule has 0 atom stereocenters.